The third kappa shape index (κ3) is 3.52. The number of aryl methyl sites for hydroxylation is 2. The van der Waals surface area contributed by atoms with E-state index < -0.39 is 0 Å². The van der Waals surface area contributed by atoms with Crippen molar-refractivity contribution in [2.75, 3.05) is 13.2 Å². The molecule has 4 heterocycles. The van der Waals surface area contributed by atoms with Gasteiger partial charge in [0.15, 0.2) is 5.11 Å². The number of hydrogen-bond donors (Lipinski definition) is 2. The van der Waals surface area contributed by atoms with Crippen molar-refractivity contribution in [2.24, 2.45) is 0 Å². The molecule has 7 heteroatoms. The Morgan fingerprint density at radius 2 is 1.97 bits per heavy atom. The average Bonchev–Trinajstić information content (AvgIpc) is 3.20. The maximum atomic E-state index is 9.64. The van der Waals surface area contributed by atoms with Gasteiger partial charge in [-0.1, -0.05) is 12.1 Å². The summed E-state index contributed by atoms with van der Waals surface area (Å²) in [4.78, 5) is 11.2. The molecule has 0 spiro atoms. The van der Waals surface area contributed by atoms with Crippen LogP contribution < -0.4 is 5.32 Å². The van der Waals surface area contributed by atoms with Gasteiger partial charge in [0, 0.05) is 30.3 Å². The zero-order valence-electron chi connectivity index (χ0n) is 16.8. The van der Waals surface area contributed by atoms with Crippen LogP contribution in [-0.4, -0.2) is 42.8 Å². The number of thiocarbonyl (C=S) groups is 1. The van der Waals surface area contributed by atoms with Gasteiger partial charge in [-0.3, -0.25) is 4.98 Å². The maximum Gasteiger partial charge on any atom is 0.170 e. The molecule has 1 saturated heterocycles. The summed E-state index contributed by atoms with van der Waals surface area (Å²) in [5.41, 5.74) is 5.43. The number of nitrogens with one attached hydrogen (secondary N) is 1. The van der Waals surface area contributed by atoms with Crippen molar-refractivity contribution in [3.8, 4) is 5.82 Å². The third-order valence-corrected chi connectivity index (χ3v) is 5.80. The van der Waals surface area contributed by atoms with Crippen LogP contribution in [0.3, 0.4) is 0 Å². The molecule has 1 aliphatic heterocycles. The van der Waals surface area contributed by atoms with E-state index >= 15 is 0 Å². The highest BCUT2D eigenvalue weighted by Gasteiger charge is 2.41. The summed E-state index contributed by atoms with van der Waals surface area (Å²) in [6.07, 6.45) is 3.68. The first-order valence-corrected chi connectivity index (χ1v) is 10.1. The molecule has 3 aromatic heterocycles. The molecular weight excluding hydrogens is 382 g/mol. The van der Waals surface area contributed by atoms with Gasteiger partial charge in [-0.15, -0.1) is 0 Å². The molecule has 0 saturated carbocycles. The third-order valence-electron chi connectivity index (χ3n) is 5.45. The number of nitrogens with zero attached hydrogens (tertiary/aromatic N) is 4. The Morgan fingerprint density at radius 1 is 1.14 bits per heavy atom. The summed E-state index contributed by atoms with van der Waals surface area (Å²) in [6.45, 7) is 6.73. The number of aromatic nitrogens is 3. The standard InChI is InChI=1S/C22H25N5OS/c1-14-7-8-19(24-13-14)27-15(2)12-17(16(27)3)21-20(18-6-4-5-9-23-18)25-22(29)26(21)10-11-28/h4-9,12-13,20-21,28H,10-11H2,1-3H3,(H,25,29)/t20-,21+/m1/s1. The molecular formula is C22H25N5OS. The predicted molar refractivity (Wildman–Crippen MR) is 117 cm³/mol. The van der Waals surface area contributed by atoms with E-state index in [2.05, 4.69) is 50.7 Å². The van der Waals surface area contributed by atoms with E-state index in [-0.39, 0.29) is 18.7 Å². The van der Waals surface area contributed by atoms with E-state index in [4.69, 9.17) is 12.2 Å². The topological polar surface area (TPSA) is 66.2 Å². The van der Waals surface area contributed by atoms with Crippen LogP contribution in [0.1, 0.15) is 40.3 Å². The van der Waals surface area contributed by atoms with Crippen molar-refractivity contribution < 1.29 is 5.11 Å². The predicted octanol–water partition coefficient (Wildman–Crippen LogP) is 3.16. The van der Waals surface area contributed by atoms with Crippen LogP contribution in [-0.2, 0) is 0 Å². The van der Waals surface area contributed by atoms with Crippen molar-refractivity contribution in [1.29, 1.82) is 0 Å². The molecule has 6 nitrogen and oxygen atoms in total. The molecule has 150 valence electrons. The van der Waals surface area contributed by atoms with Crippen molar-refractivity contribution in [1.82, 2.24) is 24.8 Å². The molecule has 0 aliphatic carbocycles. The Morgan fingerprint density at radius 3 is 2.62 bits per heavy atom. The molecule has 0 aromatic carbocycles. The van der Waals surface area contributed by atoms with Gasteiger partial charge in [-0.05, 0) is 68.4 Å². The Labute approximate surface area is 176 Å². The fourth-order valence-electron chi connectivity index (χ4n) is 4.12. The quantitative estimate of drug-likeness (QED) is 0.634. The first kappa shape index (κ1) is 19.5. The smallest absolute Gasteiger partial charge is 0.170 e. The highest BCUT2D eigenvalue weighted by atomic mass is 32.1. The molecule has 2 N–H and O–H groups in total. The van der Waals surface area contributed by atoms with Crippen LogP contribution in [0.4, 0.5) is 0 Å². The second-order valence-corrected chi connectivity index (χ2v) is 7.79. The van der Waals surface area contributed by atoms with Crippen LogP contribution in [0, 0.1) is 20.8 Å². The van der Waals surface area contributed by atoms with Crippen molar-refractivity contribution in [3.63, 3.8) is 0 Å². The number of β-amino-alcohol motifs (C(OH)–C–C–N with tert-alkyl or cyclic N) is 1. The maximum absolute atomic E-state index is 9.64. The average molecular weight is 408 g/mol. The summed E-state index contributed by atoms with van der Waals surface area (Å²) in [7, 11) is 0. The van der Waals surface area contributed by atoms with Crippen LogP contribution in [0.2, 0.25) is 0 Å². The Bertz CT molecular complexity index is 1020. The monoisotopic (exact) mass is 407 g/mol. The van der Waals surface area contributed by atoms with E-state index in [1.54, 1.807) is 6.20 Å². The van der Waals surface area contributed by atoms with Gasteiger partial charge in [0.1, 0.15) is 5.82 Å². The Kier molecular flexibility index (Phi) is 5.34. The molecule has 1 fully saturated rings. The molecule has 0 amide bonds. The normalized spacial score (nSPS) is 18.9. The minimum Gasteiger partial charge on any atom is -0.395 e. The lowest BCUT2D eigenvalue weighted by atomic mass is 9.97. The van der Waals surface area contributed by atoms with Crippen LogP contribution in [0.25, 0.3) is 5.82 Å². The van der Waals surface area contributed by atoms with Gasteiger partial charge in [0.05, 0.1) is 24.4 Å². The zero-order chi connectivity index (χ0) is 20.5. The number of rotatable bonds is 5. The van der Waals surface area contributed by atoms with Gasteiger partial charge in [-0.25, -0.2) is 4.98 Å². The fourth-order valence-corrected chi connectivity index (χ4v) is 4.46. The molecule has 4 rings (SSSR count). The molecule has 1 aliphatic rings. The Hall–Kier alpha value is -2.77. The van der Waals surface area contributed by atoms with Crippen LogP contribution >= 0.6 is 12.2 Å². The van der Waals surface area contributed by atoms with Crippen molar-refractivity contribution >= 4 is 17.3 Å². The first-order chi connectivity index (χ1) is 14.0. The minimum absolute atomic E-state index is 0.0332. The summed E-state index contributed by atoms with van der Waals surface area (Å²) < 4.78 is 2.17. The number of aliphatic hydroxyl groups excluding tert-OH is 1. The summed E-state index contributed by atoms with van der Waals surface area (Å²) in [5.74, 6) is 0.897. The SMILES string of the molecule is Cc1ccc(-n2c(C)cc([C@H]3[C@@H](c4ccccn4)NC(=S)N3CCO)c2C)nc1. The lowest BCUT2D eigenvalue weighted by molar-refractivity contribution is 0.223. The van der Waals surface area contributed by atoms with Crippen molar-refractivity contribution in [3.05, 3.63) is 77.0 Å². The summed E-state index contributed by atoms with van der Waals surface area (Å²) in [5, 5.41) is 13.7. The first-order valence-electron chi connectivity index (χ1n) is 9.72. The zero-order valence-corrected chi connectivity index (χ0v) is 17.6. The lowest BCUT2D eigenvalue weighted by Gasteiger charge is -2.27. The van der Waals surface area contributed by atoms with E-state index in [9.17, 15) is 5.11 Å². The van der Waals surface area contributed by atoms with Gasteiger partial charge >= 0.3 is 0 Å². The second-order valence-electron chi connectivity index (χ2n) is 7.40. The van der Waals surface area contributed by atoms with Crippen LogP contribution in [0.5, 0.6) is 0 Å². The highest BCUT2D eigenvalue weighted by Crippen LogP contribution is 2.41. The summed E-state index contributed by atoms with van der Waals surface area (Å²) >= 11 is 5.61. The van der Waals surface area contributed by atoms with Gasteiger partial charge in [0.25, 0.3) is 0 Å². The summed E-state index contributed by atoms with van der Waals surface area (Å²) in [6, 6.07) is 12.1. The minimum atomic E-state index is -0.0878. The molecule has 0 unspecified atom stereocenters. The van der Waals surface area contributed by atoms with Crippen LogP contribution in [0.15, 0.2) is 48.8 Å². The van der Waals surface area contributed by atoms with Gasteiger partial charge in [0.2, 0.25) is 0 Å². The molecule has 29 heavy (non-hydrogen) atoms. The molecule has 0 radical (unpaired) electrons. The molecule has 3 aromatic rings. The Balaban J connectivity index is 1.82. The van der Waals surface area contributed by atoms with Crippen molar-refractivity contribution in [2.45, 2.75) is 32.9 Å². The molecule has 0 bridgehead atoms. The van der Waals surface area contributed by atoms with Gasteiger partial charge in [-0.2, -0.15) is 0 Å². The lowest BCUT2D eigenvalue weighted by Crippen LogP contribution is -2.32. The fraction of sp³-hybridized carbons (Fsp3) is 0.318. The number of pyridine rings is 2. The van der Waals surface area contributed by atoms with E-state index in [0.717, 1.165) is 34.0 Å². The van der Waals surface area contributed by atoms with E-state index in [0.29, 0.717) is 11.7 Å². The highest BCUT2D eigenvalue weighted by molar-refractivity contribution is 7.80. The molecule has 2 atom stereocenters. The van der Waals surface area contributed by atoms with Gasteiger partial charge < -0.3 is 19.9 Å². The second kappa shape index (κ2) is 7.93. The number of aliphatic hydroxyl groups is 1. The largest absolute Gasteiger partial charge is 0.395 e. The van der Waals surface area contributed by atoms with E-state index in [1.807, 2.05) is 37.4 Å². The van der Waals surface area contributed by atoms with E-state index in [1.165, 1.54) is 0 Å². The number of hydrogen-bond acceptors (Lipinski definition) is 4.